The molecule has 0 aliphatic carbocycles. The first-order valence-corrected chi connectivity index (χ1v) is 11.2. The Kier molecular flexibility index (Phi) is 11.3. The lowest BCUT2D eigenvalue weighted by molar-refractivity contribution is 0.198. The van der Waals surface area contributed by atoms with Crippen molar-refractivity contribution in [3.05, 3.63) is 71.8 Å². The van der Waals surface area contributed by atoms with Crippen LogP contribution in [0, 0.1) is 0 Å². The van der Waals surface area contributed by atoms with Crippen LogP contribution in [0.4, 0.5) is 0 Å². The molecule has 2 aromatic carbocycles. The molecule has 5 nitrogen and oxygen atoms in total. The molecule has 0 spiro atoms. The van der Waals surface area contributed by atoms with Gasteiger partial charge in [-0.25, -0.2) is 0 Å². The van der Waals surface area contributed by atoms with Crippen LogP contribution in [0.5, 0.6) is 0 Å². The third-order valence-corrected chi connectivity index (χ3v) is 5.75. The van der Waals surface area contributed by atoms with Gasteiger partial charge in [-0.3, -0.25) is 9.89 Å². The van der Waals surface area contributed by atoms with Crippen LogP contribution in [0.15, 0.2) is 65.7 Å². The number of nitrogens with one attached hydrogen (secondary N) is 2. The average molecular weight is 536 g/mol. The smallest absolute Gasteiger partial charge is 0.191 e. The molecule has 0 amide bonds. The second-order valence-electron chi connectivity index (χ2n) is 8.29. The Bertz CT molecular complexity index is 758. The number of nitrogens with zero attached hydrogens (tertiary/aromatic N) is 3. The summed E-state index contributed by atoms with van der Waals surface area (Å²) in [6.45, 7) is 7.02. The van der Waals surface area contributed by atoms with Crippen molar-refractivity contribution in [1.29, 1.82) is 0 Å². The highest BCUT2D eigenvalue weighted by Crippen LogP contribution is 2.18. The number of halogens is 1. The second-order valence-corrected chi connectivity index (χ2v) is 8.29. The first-order chi connectivity index (χ1) is 14.7. The number of hydrogen-bond acceptors (Lipinski definition) is 3. The number of hydrogen-bond donors (Lipinski definition) is 2. The summed E-state index contributed by atoms with van der Waals surface area (Å²) >= 11 is 0. The van der Waals surface area contributed by atoms with Crippen molar-refractivity contribution in [3.8, 4) is 0 Å². The summed E-state index contributed by atoms with van der Waals surface area (Å²) in [6.07, 6.45) is 2.29. The van der Waals surface area contributed by atoms with E-state index in [1.54, 1.807) is 0 Å². The van der Waals surface area contributed by atoms with E-state index in [4.69, 9.17) is 4.99 Å². The molecule has 2 aromatic rings. The fourth-order valence-electron chi connectivity index (χ4n) is 4.01. The van der Waals surface area contributed by atoms with Crippen molar-refractivity contribution in [2.24, 2.45) is 4.99 Å². The normalized spacial score (nSPS) is 16.6. The van der Waals surface area contributed by atoms with Gasteiger partial charge in [-0.05, 0) is 45.0 Å². The zero-order valence-corrected chi connectivity index (χ0v) is 21.5. The number of rotatable bonds is 8. The SMILES string of the molecule is CCNC(=NCC(c1ccccc1)N(C)C)NC1CCN(Cc2ccccc2)CC1.I. The number of aliphatic imine (C=N–C) groups is 1. The average Bonchev–Trinajstić information content (AvgIpc) is 2.76. The van der Waals surface area contributed by atoms with Gasteiger partial charge in [0.05, 0.1) is 12.6 Å². The van der Waals surface area contributed by atoms with Crippen LogP contribution in [-0.4, -0.2) is 62.1 Å². The first-order valence-electron chi connectivity index (χ1n) is 11.2. The summed E-state index contributed by atoms with van der Waals surface area (Å²) in [7, 11) is 4.24. The summed E-state index contributed by atoms with van der Waals surface area (Å²) in [5, 5.41) is 7.11. The minimum Gasteiger partial charge on any atom is -0.357 e. The van der Waals surface area contributed by atoms with Crippen LogP contribution in [0.2, 0.25) is 0 Å². The molecule has 0 radical (unpaired) electrons. The van der Waals surface area contributed by atoms with Crippen molar-refractivity contribution in [2.75, 3.05) is 40.3 Å². The quantitative estimate of drug-likeness (QED) is 0.303. The van der Waals surface area contributed by atoms with Gasteiger partial charge in [0.2, 0.25) is 0 Å². The zero-order chi connectivity index (χ0) is 21.2. The number of guanidine groups is 1. The van der Waals surface area contributed by atoms with E-state index >= 15 is 0 Å². The van der Waals surface area contributed by atoms with Crippen LogP contribution in [0.1, 0.15) is 36.9 Å². The standard InChI is InChI=1S/C25H37N5.HI/c1-4-26-25(27-19-24(29(2)3)22-13-9-6-10-14-22)28-23-15-17-30(18-16-23)20-21-11-7-5-8-12-21;/h5-14,23-24H,4,15-20H2,1-3H3,(H2,26,27,28);1H. The number of likely N-dealkylation sites (tertiary alicyclic amines) is 1. The molecule has 0 aromatic heterocycles. The predicted molar refractivity (Wildman–Crippen MR) is 142 cm³/mol. The third kappa shape index (κ3) is 8.43. The van der Waals surface area contributed by atoms with Crippen LogP contribution >= 0.6 is 24.0 Å². The number of likely N-dealkylation sites (N-methyl/N-ethyl adjacent to an activating group) is 1. The van der Waals surface area contributed by atoms with Gasteiger partial charge in [-0.1, -0.05) is 60.7 Å². The monoisotopic (exact) mass is 535 g/mol. The topological polar surface area (TPSA) is 42.9 Å². The Hall–Kier alpha value is -1.64. The van der Waals surface area contributed by atoms with E-state index in [0.29, 0.717) is 6.04 Å². The molecule has 3 rings (SSSR count). The van der Waals surface area contributed by atoms with E-state index in [1.165, 1.54) is 11.1 Å². The van der Waals surface area contributed by atoms with Gasteiger partial charge in [-0.15, -0.1) is 24.0 Å². The molecule has 6 heteroatoms. The second kappa shape index (κ2) is 13.7. The molecular weight excluding hydrogens is 497 g/mol. The first kappa shape index (κ1) is 25.6. The van der Waals surface area contributed by atoms with Crippen LogP contribution in [0.3, 0.4) is 0 Å². The van der Waals surface area contributed by atoms with Gasteiger partial charge >= 0.3 is 0 Å². The summed E-state index contributed by atoms with van der Waals surface area (Å²) in [4.78, 5) is 9.72. The predicted octanol–water partition coefficient (Wildman–Crippen LogP) is 4.13. The highest BCUT2D eigenvalue weighted by Gasteiger charge is 2.20. The Morgan fingerprint density at radius 3 is 2.23 bits per heavy atom. The lowest BCUT2D eigenvalue weighted by atomic mass is 10.0. The fraction of sp³-hybridized carbons (Fsp3) is 0.480. The van der Waals surface area contributed by atoms with Crippen molar-refractivity contribution in [1.82, 2.24) is 20.4 Å². The van der Waals surface area contributed by atoms with E-state index in [2.05, 4.69) is 102 Å². The molecule has 1 aliphatic rings. The number of piperidine rings is 1. The Morgan fingerprint density at radius 2 is 1.65 bits per heavy atom. The molecule has 1 unspecified atom stereocenters. The maximum Gasteiger partial charge on any atom is 0.191 e. The van der Waals surface area contributed by atoms with Gasteiger partial charge < -0.3 is 15.5 Å². The van der Waals surface area contributed by atoms with Crippen molar-refractivity contribution >= 4 is 29.9 Å². The Morgan fingerprint density at radius 1 is 1.03 bits per heavy atom. The summed E-state index contributed by atoms with van der Waals surface area (Å²) in [5.41, 5.74) is 2.70. The summed E-state index contributed by atoms with van der Waals surface area (Å²) < 4.78 is 0. The van der Waals surface area contributed by atoms with Gasteiger partial charge in [0.15, 0.2) is 5.96 Å². The largest absolute Gasteiger partial charge is 0.357 e. The number of benzene rings is 2. The highest BCUT2D eigenvalue weighted by atomic mass is 127. The van der Waals surface area contributed by atoms with Gasteiger partial charge in [-0.2, -0.15) is 0 Å². The maximum atomic E-state index is 4.93. The Balaban J connectivity index is 0.00000341. The van der Waals surface area contributed by atoms with Gasteiger partial charge in [0.1, 0.15) is 0 Å². The van der Waals surface area contributed by atoms with Crippen molar-refractivity contribution < 1.29 is 0 Å². The third-order valence-electron chi connectivity index (χ3n) is 5.75. The van der Waals surface area contributed by atoms with Crippen molar-refractivity contribution in [2.45, 2.75) is 38.4 Å². The minimum atomic E-state index is 0. The van der Waals surface area contributed by atoms with E-state index in [1.807, 2.05) is 0 Å². The molecule has 1 heterocycles. The molecule has 31 heavy (non-hydrogen) atoms. The van der Waals surface area contributed by atoms with Crippen LogP contribution in [-0.2, 0) is 6.54 Å². The molecule has 0 bridgehead atoms. The zero-order valence-electron chi connectivity index (χ0n) is 19.1. The van der Waals surface area contributed by atoms with E-state index < -0.39 is 0 Å². The van der Waals surface area contributed by atoms with E-state index in [-0.39, 0.29) is 30.0 Å². The molecule has 170 valence electrons. The summed E-state index contributed by atoms with van der Waals surface area (Å²) in [5.74, 6) is 0.932. The molecule has 2 N–H and O–H groups in total. The minimum absolute atomic E-state index is 0. The maximum absolute atomic E-state index is 4.93. The molecule has 0 saturated carbocycles. The Labute approximate surface area is 205 Å². The van der Waals surface area contributed by atoms with Crippen LogP contribution in [0.25, 0.3) is 0 Å². The van der Waals surface area contributed by atoms with E-state index in [9.17, 15) is 0 Å². The fourth-order valence-corrected chi connectivity index (χ4v) is 4.01. The molecule has 1 atom stereocenters. The molecule has 1 fully saturated rings. The highest BCUT2D eigenvalue weighted by molar-refractivity contribution is 14.0. The van der Waals surface area contributed by atoms with Gasteiger partial charge in [0, 0.05) is 32.2 Å². The lowest BCUT2D eigenvalue weighted by Gasteiger charge is -2.33. The lowest BCUT2D eigenvalue weighted by Crippen LogP contribution is -2.48. The van der Waals surface area contributed by atoms with Gasteiger partial charge in [0.25, 0.3) is 0 Å². The van der Waals surface area contributed by atoms with E-state index in [0.717, 1.165) is 51.5 Å². The van der Waals surface area contributed by atoms with Crippen molar-refractivity contribution in [3.63, 3.8) is 0 Å². The molecule has 1 saturated heterocycles. The molecular formula is C25H38IN5. The molecule has 1 aliphatic heterocycles. The summed E-state index contributed by atoms with van der Waals surface area (Å²) in [6, 6.07) is 22.1. The van der Waals surface area contributed by atoms with Crippen LogP contribution < -0.4 is 10.6 Å².